The highest BCUT2D eigenvalue weighted by Crippen LogP contribution is 2.19. The molecule has 2 aromatic rings. The van der Waals surface area contributed by atoms with E-state index in [9.17, 15) is 4.79 Å². The zero-order valence-corrected chi connectivity index (χ0v) is 10.1. The average Bonchev–Trinajstić information content (AvgIpc) is 2.91. The van der Waals surface area contributed by atoms with Crippen molar-refractivity contribution in [3.8, 4) is 0 Å². The first-order valence-electron chi connectivity index (χ1n) is 5.17. The first-order valence-corrected chi connectivity index (χ1v) is 6.05. The highest BCUT2D eigenvalue weighted by atomic mass is 32.1. The predicted octanol–water partition coefficient (Wildman–Crippen LogP) is 1.70. The van der Waals surface area contributed by atoms with Crippen LogP contribution in [0.25, 0.3) is 0 Å². The lowest BCUT2D eigenvalue weighted by Gasteiger charge is -2.12. The molecular weight excluding hydrogens is 238 g/mol. The average molecular weight is 251 g/mol. The first-order chi connectivity index (χ1) is 8.18. The smallest absolute Gasteiger partial charge is 0.326 e. The highest BCUT2D eigenvalue weighted by Gasteiger charge is 2.20. The number of carboxylic acids is 1. The SMILES string of the molecule is Cc1cn[nH]c1CNC(C(=O)O)c1cccs1. The van der Waals surface area contributed by atoms with Gasteiger partial charge in [0.1, 0.15) is 6.04 Å². The highest BCUT2D eigenvalue weighted by molar-refractivity contribution is 7.10. The van der Waals surface area contributed by atoms with E-state index in [2.05, 4.69) is 15.5 Å². The number of hydrogen-bond acceptors (Lipinski definition) is 4. The minimum atomic E-state index is -0.871. The largest absolute Gasteiger partial charge is 0.480 e. The standard InChI is InChI=1S/C11H13N3O2S/c1-7-5-13-14-8(7)6-12-10(11(15)16)9-3-2-4-17-9/h2-5,10,12H,6H2,1H3,(H,13,14)(H,15,16). The van der Waals surface area contributed by atoms with Gasteiger partial charge in [0.2, 0.25) is 0 Å². The summed E-state index contributed by atoms with van der Waals surface area (Å²) in [6.07, 6.45) is 1.72. The summed E-state index contributed by atoms with van der Waals surface area (Å²) in [6, 6.07) is 2.99. The maximum atomic E-state index is 11.2. The Morgan fingerprint density at radius 3 is 3.06 bits per heavy atom. The van der Waals surface area contributed by atoms with Crippen molar-refractivity contribution in [2.45, 2.75) is 19.5 Å². The number of hydrogen-bond donors (Lipinski definition) is 3. The van der Waals surface area contributed by atoms with Crippen LogP contribution in [0.3, 0.4) is 0 Å². The van der Waals surface area contributed by atoms with Crippen LogP contribution in [0, 0.1) is 6.92 Å². The molecule has 0 aliphatic rings. The molecule has 0 aliphatic heterocycles. The number of nitrogens with one attached hydrogen (secondary N) is 2. The summed E-state index contributed by atoms with van der Waals surface area (Å²) in [7, 11) is 0. The van der Waals surface area contributed by atoms with E-state index in [-0.39, 0.29) is 0 Å². The summed E-state index contributed by atoms with van der Waals surface area (Å²) < 4.78 is 0. The Hall–Kier alpha value is -1.66. The number of rotatable bonds is 5. The van der Waals surface area contributed by atoms with E-state index in [1.54, 1.807) is 6.20 Å². The molecule has 1 atom stereocenters. The van der Waals surface area contributed by atoms with Gasteiger partial charge in [-0.05, 0) is 23.9 Å². The Labute approximate surface area is 102 Å². The minimum Gasteiger partial charge on any atom is -0.480 e. The summed E-state index contributed by atoms with van der Waals surface area (Å²) in [5, 5.41) is 20.8. The van der Waals surface area contributed by atoms with E-state index in [0.717, 1.165) is 16.1 Å². The summed E-state index contributed by atoms with van der Waals surface area (Å²) in [5.74, 6) is -0.871. The van der Waals surface area contributed by atoms with E-state index >= 15 is 0 Å². The molecule has 90 valence electrons. The molecule has 0 bridgehead atoms. The fourth-order valence-corrected chi connectivity index (χ4v) is 2.31. The van der Waals surface area contributed by atoms with Gasteiger partial charge in [0.05, 0.1) is 11.9 Å². The number of carbonyl (C=O) groups is 1. The van der Waals surface area contributed by atoms with Crippen molar-refractivity contribution in [3.05, 3.63) is 39.8 Å². The van der Waals surface area contributed by atoms with Gasteiger partial charge in [-0.1, -0.05) is 6.07 Å². The van der Waals surface area contributed by atoms with Crippen LogP contribution >= 0.6 is 11.3 Å². The van der Waals surface area contributed by atoms with Gasteiger partial charge in [-0.2, -0.15) is 5.10 Å². The molecule has 0 amide bonds. The third kappa shape index (κ3) is 2.72. The van der Waals surface area contributed by atoms with Gasteiger partial charge in [0, 0.05) is 11.4 Å². The Kier molecular flexibility index (Phi) is 3.55. The van der Waals surface area contributed by atoms with Gasteiger partial charge in [-0.3, -0.25) is 15.2 Å². The number of H-pyrrole nitrogens is 1. The maximum absolute atomic E-state index is 11.2. The molecule has 0 fully saturated rings. The first kappa shape index (κ1) is 11.8. The molecular formula is C11H13N3O2S. The Bertz CT molecular complexity index is 493. The summed E-state index contributed by atoms with van der Waals surface area (Å²) in [4.78, 5) is 12.0. The van der Waals surface area contributed by atoms with Crippen LogP contribution in [-0.4, -0.2) is 21.3 Å². The molecule has 0 saturated carbocycles. The summed E-state index contributed by atoms with van der Waals surface area (Å²) in [6.45, 7) is 2.39. The van der Waals surface area contributed by atoms with Crippen molar-refractivity contribution in [1.82, 2.24) is 15.5 Å². The monoisotopic (exact) mass is 251 g/mol. The molecule has 17 heavy (non-hydrogen) atoms. The number of aryl methyl sites for hydroxylation is 1. The van der Waals surface area contributed by atoms with Gasteiger partial charge in [0.25, 0.3) is 0 Å². The second-order valence-electron chi connectivity index (χ2n) is 3.70. The lowest BCUT2D eigenvalue weighted by atomic mass is 10.2. The lowest BCUT2D eigenvalue weighted by molar-refractivity contribution is -0.139. The maximum Gasteiger partial charge on any atom is 0.326 e. The second kappa shape index (κ2) is 5.11. The molecule has 1 unspecified atom stereocenters. The van der Waals surface area contributed by atoms with Crippen molar-refractivity contribution < 1.29 is 9.90 Å². The quantitative estimate of drug-likeness (QED) is 0.755. The van der Waals surface area contributed by atoms with E-state index in [1.165, 1.54) is 11.3 Å². The van der Waals surface area contributed by atoms with Gasteiger partial charge < -0.3 is 5.11 Å². The van der Waals surface area contributed by atoms with Crippen molar-refractivity contribution in [2.24, 2.45) is 0 Å². The fraction of sp³-hybridized carbons (Fsp3) is 0.273. The van der Waals surface area contributed by atoms with Crippen molar-refractivity contribution >= 4 is 17.3 Å². The molecule has 0 saturated heterocycles. The van der Waals surface area contributed by atoms with Crippen LogP contribution in [0.4, 0.5) is 0 Å². The van der Waals surface area contributed by atoms with Gasteiger partial charge in [-0.25, -0.2) is 0 Å². The topological polar surface area (TPSA) is 78.0 Å². The molecule has 2 heterocycles. The van der Waals surface area contributed by atoms with Crippen molar-refractivity contribution in [3.63, 3.8) is 0 Å². The molecule has 2 rings (SSSR count). The Morgan fingerprint density at radius 1 is 1.71 bits per heavy atom. The predicted molar refractivity (Wildman–Crippen MR) is 64.9 cm³/mol. The summed E-state index contributed by atoms with van der Waals surface area (Å²) >= 11 is 1.43. The zero-order valence-electron chi connectivity index (χ0n) is 9.30. The van der Waals surface area contributed by atoms with E-state index in [4.69, 9.17) is 5.11 Å². The lowest BCUT2D eigenvalue weighted by Crippen LogP contribution is -2.27. The number of aromatic nitrogens is 2. The van der Waals surface area contributed by atoms with Crippen LogP contribution < -0.4 is 5.32 Å². The van der Waals surface area contributed by atoms with E-state index < -0.39 is 12.0 Å². The third-order valence-electron chi connectivity index (χ3n) is 2.49. The third-order valence-corrected chi connectivity index (χ3v) is 3.43. The van der Waals surface area contributed by atoms with Gasteiger partial charge in [0.15, 0.2) is 0 Å². The molecule has 0 aromatic carbocycles. The molecule has 5 nitrogen and oxygen atoms in total. The van der Waals surface area contributed by atoms with Crippen molar-refractivity contribution in [2.75, 3.05) is 0 Å². The van der Waals surface area contributed by atoms with Gasteiger partial charge >= 0.3 is 5.97 Å². The normalized spacial score (nSPS) is 12.5. The number of carboxylic acid groups (broad SMARTS) is 1. The number of aromatic amines is 1. The van der Waals surface area contributed by atoms with Gasteiger partial charge in [-0.15, -0.1) is 11.3 Å². The Balaban J connectivity index is 2.05. The molecule has 2 aromatic heterocycles. The second-order valence-corrected chi connectivity index (χ2v) is 4.68. The fourth-order valence-electron chi connectivity index (χ4n) is 1.52. The molecule has 0 radical (unpaired) electrons. The Morgan fingerprint density at radius 2 is 2.53 bits per heavy atom. The van der Waals surface area contributed by atoms with Crippen LogP contribution in [0.1, 0.15) is 22.2 Å². The zero-order chi connectivity index (χ0) is 12.3. The number of nitrogens with zero attached hydrogens (tertiary/aromatic N) is 1. The van der Waals surface area contributed by atoms with Crippen LogP contribution in [-0.2, 0) is 11.3 Å². The number of thiophene rings is 1. The number of aliphatic carboxylic acids is 1. The molecule has 3 N–H and O–H groups in total. The molecule has 0 aliphatic carbocycles. The minimum absolute atomic E-state index is 0.459. The van der Waals surface area contributed by atoms with Crippen LogP contribution in [0.5, 0.6) is 0 Å². The molecule has 6 heteroatoms. The van der Waals surface area contributed by atoms with Crippen molar-refractivity contribution in [1.29, 1.82) is 0 Å². The molecule has 0 spiro atoms. The van der Waals surface area contributed by atoms with E-state index in [0.29, 0.717) is 6.54 Å². The van der Waals surface area contributed by atoms with Crippen LogP contribution in [0.15, 0.2) is 23.7 Å². The van der Waals surface area contributed by atoms with E-state index in [1.807, 2.05) is 24.4 Å². The summed E-state index contributed by atoms with van der Waals surface area (Å²) in [5.41, 5.74) is 1.93. The van der Waals surface area contributed by atoms with Crippen LogP contribution in [0.2, 0.25) is 0 Å².